The maximum absolute atomic E-state index is 12.2. The van der Waals surface area contributed by atoms with Crippen LogP contribution in [0.5, 0.6) is 0 Å². The Morgan fingerprint density at radius 3 is 2.25 bits per heavy atom. The highest BCUT2D eigenvalue weighted by Gasteiger charge is 2.21. The minimum atomic E-state index is -1.49. The number of hydrogen-bond donors (Lipinski definition) is 2. The van der Waals surface area contributed by atoms with Crippen LogP contribution in [0, 0.1) is 27.2 Å². The van der Waals surface area contributed by atoms with E-state index in [4.69, 9.17) is 0 Å². The van der Waals surface area contributed by atoms with E-state index < -0.39 is 45.1 Å². The van der Waals surface area contributed by atoms with Crippen molar-refractivity contribution in [3.05, 3.63) is 73.8 Å². The molecule has 0 bridgehead atoms. The summed E-state index contributed by atoms with van der Waals surface area (Å²) < 4.78 is 0. The number of rotatable bonds is 8. The van der Waals surface area contributed by atoms with Crippen molar-refractivity contribution < 1.29 is 24.5 Å². The van der Waals surface area contributed by atoms with Crippen LogP contribution in [0.15, 0.2) is 47.6 Å². The van der Waals surface area contributed by atoms with Gasteiger partial charge in [-0.05, 0) is 13.0 Å². The molecule has 0 aliphatic rings. The first-order valence-electron chi connectivity index (χ1n) is 7.77. The minimum Gasteiger partial charge on any atom is -0.477 e. The molecular weight excluding hydrogens is 372 g/mol. The Bertz CT molecular complexity index is 984. The number of nitrogens with zero attached hydrogens (tertiary/aromatic N) is 3. The molecule has 0 radical (unpaired) electrons. The summed E-state index contributed by atoms with van der Waals surface area (Å²) in [5.41, 5.74) is 1.43. The summed E-state index contributed by atoms with van der Waals surface area (Å²) in [6.45, 7) is 1.83. The number of non-ortho nitro benzene ring substituents is 1. The highest BCUT2D eigenvalue weighted by molar-refractivity contribution is 6.40. The van der Waals surface area contributed by atoms with Crippen LogP contribution < -0.4 is 5.43 Å². The molecule has 0 unspecified atom stereocenters. The molecule has 11 nitrogen and oxygen atoms in total. The van der Waals surface area contributed by atoms with Gasteiger partial charge in [-0.15, -0.1) is 0 Å². The average molecular weight is 386 g/mol. The van der Waals surface area contributed by atoms with Crippen LogP contribution in [0.25, 0.3) is 0 Å². The number of carbonyl (C=O) groups is 2. The van der Waals surface area contributed by atoms with Crippen molar-refractivity contribution >= 4 is 34.5 Å². The number of carbonyl (C=O) groups excluding carboxylic acids is 1. The predicted molar refractivity (Wildman–Crippen MR) is 98.6 cm³/mol. The van der Waals surface area contributed by atoms with E-state index in [0.717, 1.165) is 23.8 Å². The van der Waals surface area contributed by atoms with Crippen molar-refractivity contribution in [2.24, 2.45) is 5.10 Å². The quantitative estimate of drug-likeness (QED) is 0.302. The van der Waals surface area contributed by atoms with Crippen LogP contribution in [0.4, 0.5) is 17.1 Å². The van der Waals surface area contributed by atoms with E-state index in [2.05, 4.69) is 10.5 Å². The van der Waals surface area contributed by atoms with Gasteiger partial charge in [-0.1, -0.05) is 29.8 Å². The Hall–Kier alpha value is -4.15. The lowest BCUT2D eigenvalue weighted by Gasteiger charge is -2.05. The fraction of sp³-hybridized carbons (Fsp3) is 0.118. The van der Waals surface area contributed by atoms with E-state index >= 15 is 0 Å². The number of hydrazone groups is 1. The summed E-state index contributed by atoms with van der Waals surface area (Å²) in [4.78, 5) is 43.7. The summed E-state index contributed by atoms with van der Waals surface area (Å²) in [5, 5.41) is 34.6. The van der Waals surface area contributed by atoms with Gasteiger partial charge in [0.25, 0.3) is 5.69 Å². The van der Waals surface area contributed by atoms with E-state index in [1.54, 1.807) is 24.3 Å². The Morgan fingerprint density at radius 2 is 1.71 bits per heavy atom. The zero-order chi connectivity index (χ0) is 20.8. The van der Waals surface area contributed by atoms with Gasteiger partial charge >= 0.3 is 11.7 Å². The number of carboxylic acid groups (broad SMARTS) is 1. The van der Waals surface area contributed by atoms with Gasteiger partial charge in [-0.3, -0.25) is 30.4 Å². The maximum Gasteiger partial charge on any atom is 0.352 e. The van der Waals surface area contributed by atoms with Crippen molar-refractivity contribution in [3.8, 4) is 0 Å². The molecule has 0 atom stereocenters. The number of carboxylic acids is 1. The third-order valence-electron chi connectivity index (χ3n) is 3.65. The van der Waals surface area contributed by atoms with Gasteiger partial charge in [0.1, 0.15) is 5.69 Å². The Kier molecular flexibility index (Phi) is 6.11. The van der Waals surface area contributed by atoms with E-state index in [9.17, 15) is 34.9 Å². The molecule has 0 aliphatic heterocycles. The Labute approximate surface area is 157 Å². The largest absolute Gasteiger partial charge is 0.477 e. The SMILES string of the molecule is Cc1ccc(C(=O)C/C(=N/Nc2ccc([N+](=O)[O-])cc2[N+](=O)[O-])C(=O)O)cc1. The monoisotopic (exact) mass is 386 g/mol. The zero-order valence-corrected chi connectivity index (χ0v) is 14.5. The first-order chi connectivity index (χ1) is 13.2. The number of ketones is 1. The van der Waals surface area contributed by atoms with E-state index in [1.807, 2.05) is 6.92 Å². The van der Waals surface area contributed by atoms with Gasteiger partial charge in [0.2, 0.25) is 0 Å². The number of nitrogens with one attached hydrogen (secondary N) is 1. The molecule has 0 spiro atoms. The number of hydrogen-bond acceptors (Lipinski definition) is 8. The van der Waals surface area contributed by atoms with Crippen LogP contribution in [0.2, 0.25) is 0 Å². The van der Waals surface area contributed by atoms with Crippen LogP contribution in [0.3, 0.4) is 0 Å². The van der Waals surface area contributed by atoms with E-state index in [0.29, 0.717) is 5.56 Å². The molecule has 28 heavy (non-hydrogen) atoms. The lowest BCUT2D eigenvalue weighted by Crippen LogP contribution is -2.19. The van der Waals surface area contributed by atoms with Gasteiger partial charge in [0.05, 0.1) is 22.3 Å². The molecule has 2 aromatic rings. The second-order valence-corrected chi connectivity index (χ2v) is 5.66. The summed E-state index contributed by atoms with van der Waals surface area (Å²) >= 11 is 0. The number of benzene rings is 2. The van der Waals surface area contributed by atoms with Crippen LogP contribution in [-0.2, 0) is 4.79 Å². The fourth-order valence-electron chi connectivity index (χ4n) is 2.16. The summed E-state index contributed by atoms with van der Waals surface area (Å²) in [5.74, 6) is -1.99. The molecular formula is C17H14N4O7. The average Bonchev–Trinajstić information content (AvgIpc) is 2.64. The smallest absolute Gasteiger partial charge is 0.352 e. The highest BCUT2D eigenvalue weighted by Crippen LogP contribution is 2.29. The van der Waals surface area contributed by atoms with Crippen molar-refractivity contribution in [1.82, 2.24) is 0 Å². The molecule has 0 aromatic heterocycles. The molecule has 0 amide bonds. The number of aryl methyl sites for hydroxylation is 1. The molecule has 0 aliphatic carbocycles. The number of anilines is 1. The molecule has 2 N–H and O–H groups in total. The van der Waals surface area contributed by atoms with Crippen LogP contribution in [0.1, 0.15) is 22.3 Å². The summed E-state index contributed by atoms with van der Waals surface area (Å²) in [7, 11) is 0. The minimum absolute atomic E-state index is 0.253. The molecule has 144 valence electrons. The highest BCUT2D eigenvalue weighted by atomic mass is 16.6. The molecule has 11 heteroatoms. The molecule has 0 heterocycles. The number of aliphatic carboxylic acids is 1. The maximum atomic E-state index is 12.2. The molecule has 0 saturated carbocycles. The number of nitro groups is 2. The standard InChI is InChI=1S/C17H14N4O7/c1-10-2-4-11(5-3-10)16(22)9-14(17(23)24)19-18-13-7-6-12(20(25)26)8-15(13)21(27)28/h2-8,18H,9H2,1H3,(H,23,24)/b19-14-. The molecule has 0 saturated heterocycles. The van der Waals surface area contributed by atoms with Crippen molar-refractivity contribution in [3.63, 3.8) is 0 Å². The van der Waals surface area contributed by atoms with Gasteiger partial charge < -0.3 is 5.11 Å². The molecule has 0 fully saturated rings. The lowest BCUT2D eigenvalue weighted by molar-refractivity contribution is -0.393. The van der Waals surface area contributed by atoms with Crippen molar-refractivity contribution in [2.75, 3.05) is 5.43 Å². The topological polar surface area (TPSA) is 165 Å². The van der Waals surface area contributed by atoms with Crippen molar-refractivity contribution in [1.29, 1.82) is 0 Å². The second-order valence-electron chi connectivity index (χ2n) is 5.66. The van der Waals surface area contributed by atoms with Crippen molar-refractivity contribution in [2.45, 2.75) is 13.3 Å². The van der Waals surface area contributed by atoms with Gasteiger partial charge in [-0.2, -0.15) is 5.10 Å². The molecule has 2 aromatic carbocycles. The molecule has 2 rings (SSSR count). The Morgan fingerprint density at radius 1 is 1.07 bits per heavy atom. The number of Topliss-reactive ketones (excluding diaryl/α,β-unsaturated/α-hetero) is 1. The fourth-order valence-corrected chi connectivity index (χ4v) is 2.16. The van der Waals surface area contributed by atoms with Crippen LogP contribution in [-0.4, -0.2) is 32.4 Å². The first-order valence-corrected chi connectivity index (χ1v) is 7.77. The van der Waals surface area contributed by atoms with Gasteiger partial charge in [0.15, 0.2) is 11.5 Å². The van der Waals surface area contributed by atoms with E-state index in [-0.39, 0.29) is 5.69 Å². The third kappa shape index (κ3) is 4.94. The Balaban J connectivity index is 2.26. The predicted octanol–water partition coefficient (Wildman–Crippen LogP) is 2.94. The van der Waals surface area contributed by atoms with Crippen LogP contribution >= 0.6 is 0 Å². The van der Waals surface area contributed by atoms with E-state index in [1.165, 1.54) is 0 Å². The summed E-state index contributed by atoms with van der Waals surface area (Å²) in [6.07, 6.45) is -0.549. The zero-order valence-electron chi connectivity index (χ0n) is 14.5. The third-order valence-corrected chi connectivity index (χ3v) is 3.65. The van der Waals surface area contributed by atoms with Gasteiger partial charge in [-0.25, -0.2) is 4.79 Å². The normalized spacial score (nSPS) is 11.0. The lowest BCUT2D eigenvalue weighted by atomic mass is 10.0. The summed E-state index contributed by atoms with van der Waals surface area (Å²) in [6, 6.07) is 9.24. The number of nitro benzene ring substituents is 2. The second kappa shape index (κ2) is 8.49. The first kappa shape index (κ1) is 20.2. The van der Waals surface area contributed by atoms with Gasteiger partial charge in [0, 0.05) is 11.6 Å².